The SMILES string of the molecule is CC(C)C(=O)N1c2ccccc2NC2=C(C(=O)C[C@H](c3ccc(C(C)(C)C)cc3)C2)[C@@H]1c1cccc([N+](=O)[O-])c1. The molecule has 0 radical (unpaired) electrons. The molecule has 7 heteroatoms. The van der Waals surface area contributed by atoms with Gasteiger partial charge in [0.05, 0.1) is 22.3 Å². The number of hydrogen-bond donors (Lipinski definition) is 1. The van der Waals surface area contributed by atoms with Gasteiger partial charge < -0.3 is 5.32 Å². The number of carbonyl (C=O) groups is 2. The standard InChI is InChI=1S/C33H35N3O4/c1-20(2)32(38)35-28-12-7-6-11-26(28)34-27-18-23(21-13-15-24(16-14-21)33(3,4)5)19-29(37)30(27)31(35)22-9-8-10-25(17-22)36(39)40/h6-17,20,23,31,34H,18-19H2,1-5H3/t23-,31+/m1/s1. The van der Waals surface area contributed by atoms with Crippen LogP contribution in [0.5, 0.6) is 0 Å². The van der Waals surface area contributed by atoms with Gasteiger partial charge in [-0.1, -0.05) is 83.1 Å². The van der Waals surface area contributed by atoms with Gasteiger partial charge in [-0.15, -0.1) is 0 Å². The third kappa shape index (κ3) is 5.04. The van der Waals surface area contributed by atoms with Crippen molar-refractivity contribution in [2.75, 3.05) is 10.2 Å². The summed E-state index contributed by atoms with van der Waals surface area (Å²) in [6.07, 6.45) is 0.875. The van der Waals surface area contributed by atoms with E-state index < -0.39 is 11.0 Å². The van der Waals surface area contributed by atoms with Crippen LogP contribution < -0.4 is 10.2 Å². The van der Waals surface area contributed by atoms with Gasteiger partial charge in [0.1, 0.15) is 0 Å². The Morgan fingerprint density at radius 2 is 1.68 bits per heavy atom. The fourth-order valence-corrected chi connectivity index (χ4v) is 5.73. The molecule has 3 aromatic carbocycles. The number of carbonyl (C=O) groups excluding carboxylic acids is 2. The summed E-state index contributed by atoms with van der Waals surface area (Å²) in [6, 6.07) is 21.5. The second kappa shape index (κ2) is 10.4. The lowest BCUT2D eigenvalue weighted by atomic mass is 9.77. The molecule has 1 heterocycles. The zero-order valence-electron chi connectivity index (χ0n) is 23.6. The Labute approximate surface area is 235 Å². The number of nitrogens with zero attached hydrogens (tertiary/aromatic N) is 2. The zero-order chi connectivity index (χ0) is 28.8. The van der Waals surface area contributed by atoms with E-state index >= 15 is 0 Å². The van der Waals surface area contributed by atoms with Crippen LogP contribution in [0.4, 0.5) is 17.1 Å². The van der Waals surface area contributed by atoms with E-state index in [0.29, 0.717) is 29.7 Å². The minimum Gasteiger partial charge on any atom is -0.357 e. The van der Waals surface area contributed by atoms with Crippen molar-refractivity contribution >= 4 is 28.8 Å². The molecule has 0 bridgehead atoms. The van der Waals surface area contributed by atoms with Crippen LogP contribution in [-0.2, 0) is 15.0 Å². The van der Waals surface area contributed by atoms with Crippen molar-refractivity contribution in [2.24, 2.45) is 5.92 Å². The number of fused-ring (bicyclic) bond motifs is 1. The van der Waals surface area contributed by atoms with E-state index in [4.69, 9.17) is 0 Å². The number of amides is 1. The zero-order valence-corrected chi connectivity index (χ0v) is 23.6. The van der Waals surface area contributed by atoms with Gasteiger partial charge in [-0.2, -0.15) is 0 Å². The summed E-state index contributed by atoms with van der Waals surface area (Å²) in [4.78, 5) is 40.8. The molecule has 40 heavy (non-hydrogen) atoms. The van der Waals surface area contributed by atoms with Gasteiger partial charge in [0.25, 0.3) is 5.69 Å². The number of Topliss-reactive ketones (excluding diaryl/α,β-unsaturated/α-hetero) is 1. The molecule has 5 rings (SSSR count). The minimum atomic E-state index is -0.794. The largest absolute Gasteiger partial charge is 0.357 e. The molecule has 1 N–H and O–H groups in total. The molecule has 0 unspecified atom stereocenters. The molecule has 7 nitrogen and oxygen atoms in total. The van der Waals surface area contributed by atoms with E-state index in [9.17, 15) is 19.7 Å². The lowest BCUT2D eigenvalue weighted by Crippen LogP contribution is -2.40. The van der Waals surface area contributed by atoms with Gasteiger partial charge in [0.2, 0.25) is 5.91 Å². The number of benzene rings is 3. The second-order valence-electron chi connectivity index (χ2n) is 12.1. The van der Waals surface area contributed by atoms with Crippen LogP contribution >= 0.6 is 0 Å². The first-order valence-corrected chi connectivity index (χ1v) is 13.8. The molecule has 0 aromatic heterocycles. The van der Waals surface area contributed by atoms with Gasteiger partial charge in [-0.05, 0) is 46.6 Å². The maximum atomic E-state index is 14.1. The summed E-state index contributed by atoms with van der Waals surface area (Å²) in [5.74, 6) is -0.612. The molecule has 0 fully saturated rings. The van der Waals surface area contributed by atoms with Crippen molar-refractivity contribution in [1.82, 2.24) is 0 Å². The number of ketones is 1. The topological polar surface area (TPSA) is 92.6 Å². The average molecular weight is 538 g/mol. The van der Waals surface area contributed by atoms with E-state index in [2.05, 4.69) is 50.4 Å². The summed E-state index contributed by atoms with van der Waals surface area (Å²) in [6.45, 7) is 10.2. The van der Waals surface area contributed by atoms with Gasteiger partial charge in [0.15, 0.2) is 5.78 Å². The third-order valence-corrected chi connectivity index (χ3v) is 7.86. The van der Waals surface area contributed by atoms with Crippen molar-refractivity contribution in [3.8, 4) is 0 Å². The Kier molecular flexibility index (Phi) is 7.08. The molecule has 1 aliphatic heterocycles. The lowest BCUT2D eigenvalue weighted by molar-refractivity contribution is -0.384. The summed E-state index contributed by atoms with van der Waals surface area (Å²) in [7, 11) is 0. The molecule has 0 saturated heterocycles. The van der Waals surface area contributed by atoms with Crippen molar-refractivity contribution in [1.29, 1.82) is 0 Å². The predicted molar refractivity (Wildman–Crippen MR) is 157 cm³/mol. The highest BCUT2D eigenvalue weighted by atomic mass is 16.6. The molecular weight excluding hydrogens is 502 g/mol. The molecule has 2 atom stereocenters. The Morgan fingerprint density at radius 3 is 2.33 bits per heavy atom. The summed E-state index contributed by atoms with van der Waals surface area (Å²) >= 11 is 0. The first kappa shape index (κ1) is 27.3. The Bertz CT molecular complexity index is 1520. The predicted octanol–water partition coefficient (Wildman–Crippen LogP) is 7.45. The summed E-state index contributed by atoms with van der Waals surface area (Å²) in [5.41, 5.74) is 5.43. The van der Waals surface area contributed by atoms with Gasteiger partial charge in [0, 0.05) is 35.7 Å². The molecule has 0 spiro atoms. The van der Waals surface area contributed by atoms with E-state index in [1.807, 2.05) is 38.1 Å². The van der Waals surface area contributed by atoms with Crippen LogP contribution in [0.3, 0.4) is 0 Å². The number of non-ortho nitro benzene ring substituents is 1. The monoisotopic (exact) mass is 537 g/mol. The van der Waals surface area contributed by atoms with Crippen LogP contribution in [0.25, 0.3) is 0 Å². The van der Waals surface area contributed by atoms with Crippen LogP contribution in [0, 0.1) is 16.0 Å². The van der Waals surface area contributed by atoms with Crippen LogP contribution in [0.1, 0.15) is 76.1 Å². The molecule has 1 aliphatic carbocycles. The third-order valence-electron chi connectivity index (χ3n) is 7.86. The van der Waals surface area contributed by atoms with Crippen molar-refractivity contribution in [3.63, 3.8) is 0 Å². The number of anilines is 2. The number of nitro benzene ring substituents is 1. The number of rotatable bonds is 4. The maximum Gasteiger partial charge on any atom is 0.269 e. The fourth-order valence-electron chi connectivity index (χ4n) is 5.73. The van der Waals surface area contributed by atoms with Crippen LogP contribution in [-0.4, -0.2) is 16.6 Å². The van der Waals surface area contributed by atoms with Crippen LogP contribution in [0.2, 0.25) is 0 Å². The minimum absolute atomic E-state index is 0.0289. The van der Waals surface area contributed by atoms with E-state index in [1.54, 1.807) is 17.0 Å². The number of nitro groups is 1. The summed E-state index contributed by atoms with van der Waals surface area (Å²) < 4.78 is 0. The first-order chi connectivity index (χ1) is 19.0. The van der Waals surface area contributed by atoms with Crippen molar-refractivity contribution < 1.29 is 14.5 Å². The second-order valence-corrected chi connectivity index (χ2v) is 12.1. The molecule has 2 aliphatic rings. The smallest absolute Gasteiger partial charge is 0.269 e. The summed E-state index contributed by atoms with van der Waals surface area (Å²) in [5, 5.41) is 15.2. The van der Waals surface area contributed by atoms with Crippen molar-refractivity contribution in [3.05, 3.63) is 111 Å². The molecule has 3 aromatic rings. The molecule has 206 valence electrons. The molecular formula is C33H35N3O4. The number of hydrogen-bond acceptors (Lipinski definition) is 5. The number of para-hydroxylation sites is 2. The molecule has 1 amide bonds. The normalized spacial score (nSPS) is 19.1. The fraction of sp³-hybridized carbons (Fsp3) is 0.333. The highest BCUT2D eigenvalue weighted by Gasteiger charge is 2.42. The number of nitrogens with one attached hydrogen (secondary N) is 1. The van der Waals surface area contributed by atoms with Gasteiger partial charge in [-0.3, -0.25) is 24.6 Å². The van der Waals surface area contributed by atoms with E-state index in [-0.39, 0.29) is 34.6 Å². The maximum absolute atomic E-state index is 14.1. The van der Waals surface area contributed by atoms with Gasteiger partial charge >= 0.3 is 0 Å². The lowest BCUT2D eigenvalue weighted by Gasteiger charge is -2.36. The highest BCUT2D eigenvalue weighted by molar-refractivity contribution is 6.06. The van der Waals surface area contributed by atoms with E-state index in [0.717, 1.165) is 16.9 Å². The average Bonchev–Trinajstić information content (AvgIpc) is 3.07. The van der Waals surface area contributed by atoms with E-state index in [1.165, 1.54) is 17.7 Å². The Morgan fingerprint density at radius 1 is 0.975 bits per heavy atom. The van der Waals surface area contributed by atoms with Crippen molar-refractivity contribution in [2.45, 2.75) is 64.8 Å². The number of allylic oxidation sites excluding steroid dienone is 1. The Hall–Kier alpha value is -4.26. The Balaban J connectivity index is 1.68. The molecule has 0 saturated carbocycles. The quantitative estimate of drug-likeness (QED) is 0.276. The van der Waals surface area contributed by atoms with Gasteiger partial charge in [-0.25, -0.2) is 0 Å². The first-order valence-electron chi connectivity index (χ1n) is 13.8. The highest BCUT2D eigenvalue weighted by Crippen LogP contribution is 2.48. The van der Waals surface area contributed by atoms with Crippen LogP contribution in [0.15, 0.2) is 84.1 Å².